The van der Waals surface area contributed by atoms with Crippen molar-refractivity contribution in [1.29, 1.82) is 0 Å². The highest BCUT2D eigenvalue weighted by Gasteiger charge is 2.34. The average Bonchev–Trinajstić information content (AvgIpc) is 3.24. The number of amides is 2. The first-order chi connectivity index (χ1) is 14.1. The number of carbonyl (C=O) groups is 2. The Bertz CT molecular complexity index is 908. The fourth-order valence-electron chi connectivity index (χ4n) is 3.87. The van der Waals surface area contributed by atoms with Gasteiger partial charge in [-0.15, -0.1) is 0 Å². The van der Waals surface area contributed by atoms with Gasteiger partial charge in [0.05, 0.1) is 18.4 Å². The van der Waals surface area contributed by atoms with Crippen LogP contribution in [0, 0.1) is 5.92 Å². The van der Waals surface area contributed by atoms with Crippen molar-refractivity contribution in [2.45, 2.75) is 32.2 Å². The van der Waals surface area contributed by atoms with Crippen LogP contribution < -0.4 is 10.2 Å². The minimum Gasteiger partial charge on any atom is -0.355 e. The topological polar surface area (TPSA) is 90.8 Å². The van der Waals surface area contributed by atoms with E-state index in [1.807, 2.05) is 36.5 Å². The molecule has 0 radical (unpaired) electrons. The summed E-state index contributed by atoms with van der Waals surface area (Å²) < 4.78 is 0. The van der Waals surface area contributed by atoms with E-state index < -0.39 is 0 Å². The van der Waals surface area contributed by atoms with Gasteiger partial charge in [-0.05, 0) is 18.4 Å². The molecule has 8 nitrogen and oxygen atoms in total. The van der Waals surface area contributed by atoms with Gasteiger partial charge in [-0.3, -0.25) is 14.6 Å². The first-order valence-corrected chi connectivity index (χ1v) is 9.87. The minimum atomic E-state index is -0.181. The van der Waals surface area contributed by atoms with Crippen molar-refractivity contribution in [3.05, 3.63) is 48.3 Å². The molecular weight excluding hydrogens is 368 g/mol. The van der Waals surface area contributed by atoms with Gasteiger partial charge in [0.1, 0.15) is 5.82 Å². The molecule has 8 heteroatoms. The van der Waals surface area contributed by atoms with Crippen molar-refractivity contribution in [2.75, 3.05) is 23.3 Å². The monoisotopic (exact) mass is 392 g/mol. The highest BCUT2D eigenvalue weighted by Crippen LogP contribution is 2.32. The first kappa shape index (κ1) is 19.0. The Kier molecular flexibility index (Phi) is 5.50. The molecular formula is C21H24N6O2. The van der Waals surface area contributed by atoms with E-state index in [0.717, 1.165) is 24.8 Å². The highest BCUT2D eigenvalue weighted by molar-refractivity contribution is 5.87. The Morgan fingerprint density at radius 2 is 1.86 bits per heavy atom. The molecule has 150 valence electrons. The van der Waals surface area contributed by atoms with Crippen LogP contribution in [0.3, 0.4) is 0 Å². The van der Waals surface area contributed by atoms with Crippen LogP contribution in [0.1, 0.15) is 37.8 Å². The number of hydrogen-bond acceptors (Lipinski definition) is 6. The zero-order valence-corrected chi connectivity index (χ0v) is 16.4. The second kappa shape index (κ2) is 8.38. The lowest BCUT2D eigenvalue weighted by molar-refractivity contribution is -0.138. The van der Waals surface area contributed by atoms with Crippen LogP contribution in [0.5, 0.6) is 0 Å². The van der Waals surface area contributed by atoms with E-state index in [-0.39, 0.29) is 23.8 Å². The summed E-state index contributed by atoms with van der Waals surface area (Å²) in [5, 5.41) is 8.68. The predicted octanol–water partition coefficient (Wildman–Crippen LogP) is 2.61. The van der Waals surface area contributed by atoms with Crippen LogP contribution in [-0.2, 0) is 9.59 Å². The van der Waals surface area contributed by atoms with Gasteiger partial charge >= 0.3 is 0 Å². The summed E-state index contributed by atoms with van der Waals surface area (Å²) in [7, 11) is 0. The Morgan fingerprint density at radius 3 is 2.59 bits per heavy atom. The van der Waals surface area contributed by atoms with E-state index in [1.165, 1.54) is 13.1 Å². The molecule has 1 aromatic carbocycles. The standard InChI is InChI=1S/C21H24N6O2/c1-15(28)24-19-13-22-14-20(25-19)26-11-8-17(9-12-26)21(29)27-18(7-10-23-27)16-5-3-2-4-6-16/h2-6,10,13-14,17-18H,7-9,11-12H2,1H3,(H,24,25,28). The highest BCUT2D eigenvalue weighted by atomic mass is 16.2. The van der Waals surface area contributed by atoms with Crippen LogP contribution in [0.15, 0.2) is 47.8 Å². The zero-order valence-electron chi connectivity index (χ0n) is 16.4. The second-order valence-electron chi connectivity index (χ2n) is 7.35. The largest absolute Gasteiger partial charge is 0.355 e. The number of rotatable bonds is 4. The van der Waals surface area contributed by atoms with E-state index >= 15 is 0 Å². The van der Waals surface area contributed by atoms with Crippen LogP contribution >= 0.6 is 0 Å². The quantitative estimate of drug-likeness (QED) is 0.864. The van der Waals surface area contributed by atoms with Crippen LogP contribution in [0.2, 0.25) is 0 Å². The van der Waals surface area contributed by atoms with E-state index in [9.17, 15) is 9.59 Å². The maximum atomic E-state index is 13.1. The molecule has 0 bridgehead atoms. The lowest BCUT2D eigenvalue weighted by atomic mass is 9.94. The normalized spacial score (nSPS) is 19.4. The molecule has 0 saturated carbocycles. The van der Waals surface area contributed by atoms with Crippen LogP contribution in [0.4, 0.5) is 11.6 Å². The van der Waals surface area contributed by atoms with Crippen LogP contribution in [-0.4, -0.2) is 46.1 Å². The molecule has 3 heterocycles. The summed E-state index contributed by atoms with van der Waals surface area (Å²) in [6.07, 6.45) is 7.25. The molecule has 1 aromatic heterocycles. The molecule has 2 amide bonds. The number of aromatic nitrogens is 2. The Hall–Kier alpha value is -3.29. The summed E-state index contributed by atoms with van der Waals surface area (Å²) in [4.78, 5) is 35.1. The summed E-state index contributed by atoms with van der Waals surface area (Å²) in [6.45, 7) is 2.86. The smallest absolute Gasteiger partial charge is 0.246 e. The van der Waals surface area contributed by atoms with E-state index in [0.29, 0.717) is 24.7 Å². The number of nitrogens with zero attached hydrogens (tertiary/aromatic N) is 5. The predicted molar refractivity (Wildman–Crippen MR) is 110 cm³/mol. The second-order valence-corrected chi connectivity index (χ2v) is 7.35. The Labute approximate surface area is 169 Å². The molecule has 29 heavy (non-hydrogen) atoms. The Balaban J connectivity index is 1.39. The molecule has 4 rings (SSSR count). The molecule has 1 unspecified atom stereocenters. The number of nitrogens with one attached hydrogen (secondary N) is 1. The van der Waals surface area contributed by atoms with Gasteiger partial charge in [-0.2, -0.15) is 5.10 Å². The number of anilines is 2. The number of carbonyl (C=O) groups excluding carboxylic acids is 2. The summed E-state index contributed by atoms with van der Waals surface area (Å²) in [5.41, 5.74) is 1.11. The molecule has 1 fully saturated rings. The van der Waals surface area contributed by atoms with Crippen LogP contribution in [0.25, 0.3) is 0 Å². The summed E-state index contributed by atoms with van der Waals surface area (Å²) in [5.74, 6) is 0.998. The third-order valence-electron chi connectivity index (χ3n) is 5.33. The zero-order chi connectivity index (χ0) is 20.2. The molecule has 1 N–H and O–H groups in total. The van der Waals surface area contributed by atoms with Crippen molar-refractivity contribution in [1.82, 2.24) is 15.0 Å². The third-order valence-corrected chi connectivity index (χ3v) is 5.33. The fourth-order valence-corrected chi connectivity index (χ4v) is 3.87. The summed E-state index contributed by atoms with van der Waals surface area (Å²) in [6, 6.07) is 10.0. The number of hydrazone groups is 1. The maximum absolute atomic E-state index is 13.1. The van der Waals surface area contributed by atoms with E-state index in [1.54, 1.807) is 11.2 Å². The number of benzene rings is 1. The van der Waals surface area contributed by atoms with Crippen molar-refractivity contribution in [2.24, 2.45) is 11.0 Å². The summed E-state index contributed by atoms with van der Waals surface area (Å²) >= 11 is 0. The van der Waals surface area contributed by atoms with E-state index in [2.05, 4.69) is 25.3 Å². The minimum absolute atomic E-state index is 0.0121. The first-order valence-electron chi connectivity index (χ1n) is 9.87. The van der Waals surface area contributed by atoms with Crippen molar-refractivity contribution in [3.8, 4) is 0 Å². The molecule has 2 aliphatic heterocycles. The van der Waals surface area contributed by atoms with Gasteiger partial charge in [0.15, 0.2) is 5.82 Å². The van der Waals surface area contributed by atoms with Crippen molar-refractivity contribution >= 4 is 29.7 Å². The third kappa shape index (κ3) is 4.26. The van der Waals surface area contributed by atoms with Gasteiger partial charge in [0.25, 0.3) is 0 Å². The van der Waals surface area contributed by atoms with Gasteiger partial charge in [-0.25, -0.2) is 9.99 Å². The maximum Gasteiger partial charge on any atom is 0.246 e. The number of piperidine rings is 1. The lowest BCUT2D eigenvalue weighted by Crippen LogP contribution is -2.41. The van der Waals surface area contributed by atoms with Gasteiger partial charge < -0.3 is 10.2 Å². The molecule has 0 spiro atoms. The van der Waals surface area contributed by atoms with Crippen molar-refractivity contribution in [3.63, 3.8) is 0 Å². The molecule has 1 atom stereocenters. The van der Waals surface area contributed by atoms with E-state index in [4.69, 9.17) is 0 Å². The molecule has 1 saturated heterocycles. The van der Waals surface area contributed by atoms with Gasteiger partial charge in [0.2, 0.25) is 11.8 Å². The molecule has 2 aliphatic rings. The number of hydrogen-bond donors (Lipinski definition) is 1. The van der Waals surface area contributed by atoms with Crippen molar-refractivity contribution < 1.29 is 9.59 Å². The molecule has 0 aliphatic carbocycles. The van der Waals surface area contributed by atoms with Gasteiger partial charge in [0, 0.05) is 38.6 Å². The fraction of sp³-hybridized carbons (Fsp3) is 0.381. The lowest BCUT2D eigenvalue weighted by Gasteiger charge is -2.34. The molecule has 2 aromatic rings. The Morgan fingerprint density at radius 1 is 1.10 bits per heavy atom. The van der Waals surface area contributed by atoms with Gasteiger partial charge in [-0.1, -0.05) is 30.3 Å². The SMILES string of the molecule is CC(=O)Nc1cncc(N2CCC(C(=O)N3N=CCC3c3ccccc3)CC2)n1. The average molecular weight is 392 g/mol.